The van der Waals surface area contributed by atoms with Crippen LogP contribution in [0, 0.1) is 0 Å². The van der Waals surface area contributed by atoms with E-state index in [2.05, 4.69) is 26.0 Å². The van der Waals surface area contributed by atoms with Gasteiger partial charge in [-0.15, -0.1) is 0 Å². The average molecular weight is 217 g/mol. The van der Waals surface area contributed by atoms with E-state index in [1.54, 1.807) is 7.11 Å². The van der Waals surface area contributed by atoms with Crippen LogP contribution in [0.4, 0.5) is 0 Å². The molecule has 0 aliphatic heterocycles. The fourth-order valence-corrected chi connectivity index (χ4v) is 2.20. The summed E-state index contributed by atoms with van der Waals surface area (Å²) in [6.45, 7) is 4.12. The van der Waals surface area contributed by atoms with Crippen molar-refractivity contribution in [2.24, 2.45) is 5.73 Å². The standard InChI is InChI=1S/C14H19NO/c1-14(2,15)11-7-8-12-10(9-11)5-4-6-13(12)16-3/h4-6,9H,7-8,15H2,1-3H3. The van der Waals surface area contributed by atoms with Crippen molar-refractivity contribution in [2.45, 2.75) is 32.2 Å². The first-order valence-corrected chi connectivity index (χ1v) is 5.68. The van der Waals surface area contributed by atoms with Gasteiger partial charge in [0.2, 0.25) is 0 Å². The molecule has 86 valence electrons. The highest BCUT2D eigenvalue weighted by atomic mass is 16.5. The smallest absolute Gasteiger partial charge is 0.122 e. The van der Waals surface area contributed by atoms with E-state index in [1.165, 1.54) is 16.7 Å². The third kappa shape index (κ3) is 1.98. The van der Waals surface area contributed by atoms with E-state index in [0.717, 1.165) is 18.6 Å². The number of rotatable bonds is 2. The van der Waals surface area contributed by atoms with E-state index in [-0.39, 0.29) is 5.54 Å². The Morgan fingerprint density at radius 1 is 1.25 bits per heavy atom. The number of benzene rings is 1. The summed E-state index contributed by atoms with van der Waals surface area (Å²) < 4.78 is 5.37. The second-order valence-electron chi connectivity index (χ2n) is 4.92. The van der Waals surface area contributed by atoms with Gasteiger partial charge in [-0.3, -0.25) is 0 Å². The number of nitrogens with two attached hydrogens (primary N) is 1. The third-order valence-electron chi connectivity index (χ3n) is 3.19. The van der Waals surface area contributed by atoms with E-state index >= 15 is 0 Å². The quantitative estimate of drug-likeness (QED) is 0.826. The number of ether oxygens (including phenoxy) is 1. The maximum Gasteiger partial charge on any atom is 0.122 e. The van der Waals surface area contributed by atoms with Gasteiger partial charge in [0.15, 0.2) is 0 Å². The molecular weight excluding hydrogens is 198 g/mol. The summed E-state index contributed by atoms with van der Waals surface area (Å²) >= 11 is 0. The Hall–Kier alpha value is -1.28. The van der Waals surface area contributed by atoms with Gasteiger partial charge in [0.25, 0.3) is 0 Å². The molecule has 0 amide bonds. The lowest BCUT2D eigenvalue weighted by Gasteiger charge is -2.27. The molecular formula is C14H19NO. The van der Waals surface area contributed by atoms with E-state index in [1.807, 2.05) is 12.1 Å². The van der Waals surface area contributed by atoms with Gasteiger partial charge in [-0.25, -0.2) is 0 Å². The summed E-state index contributed by atoms with van der Waals surface area (Å²) in [5.74, 6) is 0.989. The van der Waals surface area contributed by atoms with E-state index in [4.69, 9.17) is 10.5 Å². The molecule has 0 atom stereocenters. The Morgan fingerprint density at radius 2 is 2.00 bits per heavy atom. The molecule has 0 unspecified atom stereocenters. The lowest BCUT2D eigenvalue weighted by atomic mass is 9.83. The van der Waals surface area contributed by atoms with Crippen LogP contribution in [0.5, 0.6) is 5.75 Å². The largest absolute Gasteiger partial charge is 0.496 e. The summed E-state index contributed by atoms with van der Waals surface area (Å²) in [7, 11) is 1.72. The SMILES string of the molecule is COc1cccc2c1CCC(C(C)(C)N)=C2. The predicted octanol–water partition coefficient (Wildman–Crippen LogP) is 2.76. The molecule has 1 aromatic rings. The van der Waals surface area contributed by atoms with Crippen molar-refractivity contribution in [3.8, 4) is 5.75 Å². The summed E-state index contributed by atoms with van der Waals surface area (Å²) in [5.41, 5.74) is 9.78. The number of hydrogen-bond acceptors (Lipinski definition) is 2. The van der Waals surface area contributed by atoms with Gasteiger partial charge >= 0.3 is 0 Å². The normalized spacial score (nSPS) is 15.4. The van der Waals surface area contributed by atoms with Crippen molar-refractivity contribution < 1.29 is 4.74 Å². The van der Waals surface area contributed by atoms with Crippen LogP contribution >= 0.6 is 0 Å². The van der Waals surface area contributed by atoms with Crippen molar-refractivity contribution in [3.05, 3.63) is 34.9 Å². The molecule has 0 heterocycles. The Bertz CT molecular complexity index is 427. The maximum absolute atomic E-state index is 6.14. The lowest BCUT2D eigenvalue weighted by molar-refractivity contribution is 0.408. The molecule has 2 N–H and O–H groups in total. The molecule has 1 aliphatic rings. The maximum atomic E-state index is 6.14. The van der Waals surface area contributed by atoms with Crippen LogP contribution in [0.2, 0.25) is 0 Å². The first-order chi connectivity index (χ1) is 7.52. The van der Waals surface area contributed by atoms with Gasteiger partial charge in [0.05, 0.1) is 7.11 Å². The number of hydrogen-bond donors (Lipinski definition) is 1. The van der Waals surface area contributed by atoms with Crippen molar-refractivity contribution in [3.63, 3.8) is 0 Å². The van der Waals surface area contributed by atoms with Gasteiger partial charge < -0.3 is 10.5 Å². The van der Waals surface area contributed by atoms with E-state index < -0.39 is 0 Å². The minimum atomic E-state index is -0.221. The number of methoxy groups -OCH3 is 1. The third-order valence-corrected chi connectivity index (χ3v) is 3.19. The Labute approximate surface area is 97.1 Å². The number of fused-ring (bicyclic) bond motifs is 1. The molecule has 16 heavy (non-hydrogen) atoms. The summed E-state index contributed by atoms with van der Waals surface area (Å²) in [6.07, 6.45) is 4.25. The summed E-state index contributed by atoms with van der Waals surface area (Å²) in [4.78, 5) is 0. The topological polar surface area (TPSA) is 35.2 Å². The fraction of sp³-hybridized carbons (Fsp3) is 0.429. The monoisotopic (exact) mass is 217 g/mol. The van der Waals surface area contributed by atoms with Gasteiger partial charge in [0.1, 0.15) is 5.75 Å². The second kappa shape index (κ2) is 3.95. The molecule has 2 nitrogen and oxygen atoms in total. The van der Waals surface area contributed by atoms with Crippen molar-refractivity contribution in [2.75, 3.05) is 7.11 Å². The molecule has 1 aliphatic carbocycles. The summed E-state index contributed by atoms with van der Waals surface area (Å²) in [6, 6.07) is 6.18. The molecule has 0 bridgehead atoms. The Morgan fingerprint density at radius 3 is 2.62 bits per heavy atom. The van der Waals surface area contributed by atoms with Gasteiger partial charge in [-0.05, 0) is 38.3 Å². The second-order valence-corrected chi connectivity index (χ2v) is 4.92. The van der Waals surface area contributed by atoms with Gasteiger partial charge in [-0.2, -0.15) is 0 Å². The van der Waals surface area contributed by atoms with Crippen molar-refractivity contribution in [1.82, 2.24) is 0 Å². The average Bonchev–Trinajstić information content (AvgIpc) is 2.26. The van der Waals surface area contributed by atoms with Crippen LogP contribution in [0.25, 0.3) is 6.08 Å². The van der Waals surface area contributed by atoms with E-state index in [0.29, 0.717) is 0 Å². The molecule has 0 radical (unpaired) electrons. The highest BCUT2D eigenvalue weighted by Crippen LogP contribution is 2.33. The lowest BCUT2D eigenvalue weighted by Crippen LogP contribution is -2.35. The highest BCUT2D eigenvalue weighted by Gasteiger charge is 2.22. The van der Waals surface area contributed by atoms with Crippen molar-refractivity contribution in [1.29, 1.82) is 0 Å². The molecule has 0 aromatic heterocycles. The van der Waals surface area contributed by atoms with Gasteiger partial charge in [-0.1, -0.05) is 23.8 Å². The van der Waals surface area contributed by atoms with Crippen LogP contribution < -0.4 is 10.5 Å². The fourth-order valence-electron chi connectivity index (χ4n) is 2.20. The van der Waals surface area contributed by atoms with Crippen LogP contribution in [0.1, 0.15) is 31.4 Å². The van der Waals surface area contributed by atoms with Crippen LogP contribution in [0.15, 0.2) is 23.8 Å². The molecule has 0 spiro atoms. The minimum absolute atomic E-state index is 0.221. The zero-order valence-corrected chi connectivity index (χ0v) is 10.2. The molecule has 0 saturated carbocycles. The molecule has 0 fully saturated rings. The molecule has 1 aromatic carbocycles. The van der Waals surface area contributed by atoms with Gasteiger partial charge in [0, 0.05) is 11.1 Å². The Kier molecular flexibility index (Phi) is 2.76. The van der Waals surface area contributed by atoms with Crippen molar-refractivity contribution >= 4 is 6.08 Å². The minimum Gasteiger partial charge on any atom is -0.496 e. The first kappa shape index (κ1) is 11.2. The van der Waals surface area contributed by atoms with Crippen LogP contribution in [0.3, 0.4) is 0 Å². The first-order valence-electron chi connectivity index (χ1n) is 5.68. The molecule has 2 heteroatoms. The zero-order chi connectivity index (χ0) is 11.8. The Balaban J connectivity index is 2.45. The highest BCUT2D eigenvalue weighted by molar-refractivity contribution is 5.64. The van der Waals surface area contributed by atoms with Crippen LogP contribution in [-0.4, -0.2) is 12.6 Å². The predicted molar refractivity (Wildman–Crippen MR) is 67.6 cm³/mol. The zero-order valence-electron chi connectivity index (χ0n) is 10.2. The van der Waals surface area contributed by atoms with Crippen LogP contribution in [-0.2, 0) is 6.42 Å². The molecule has 2 rings (SSSR count). The molecule has 0 saturated heterocycles. The van der Waals surface area contributed by atoms with E-state index in [9.17, 15) is 0 Å². The summed E-state index contributed by atoms with van der Waals surface area (Å²) in [5, 5.41) is 0.